The Kier molecular flexibility index (Phi) is 5.77. The van der Waals surface area contributed by atoms with Crippen molar-refractivity contribution in [2.75, 3.05) is 18.1 Å². The number of amides is 1. The second-order valence-corrected chi connectivity index (χ2v) is 7.77. The van der Waals surface area contributed by atoms with Crippen LogP contribution in [0.1, 0.15) is 36.5 Å². The molecule has 0 aromatic heterocycles. The van der Waals surface area contributed by atoms with Crippen LogP contribution in [-0.2, 0) is 15.2 Å². The smallest absolute Gasteiger partial charge is 0.264 e. The zero-order valence-corrected chi connectivity index (χ0v) is 17.0. The lowest BCUT2D eigenvalue weighted by Gasteiger charge is -2.22. The molecule has 0 spiro atoms. The molecule has 0 fully saturated rings. The van der Waals surface area contributed by atoms with Gasteiger partial charge in [0.25, 0.3) is 5.91 Å². The minimum Gasteiger partial charge on any atom is -0.494 e. The van der Waals surface area contributed by atoms with Crippen molar-refractivity contribution in [1.29, 1.82) is 0 Å². The summed E-state index contributed by atoms with van der Waals surface area (Å²) in [6.07, 6.45) is 0.358. The second-order valence-electron chi connectivity index (χ2n) is 7.33. The van der Waals surface area contributed by atoms with Crippen LogP contribution in [0.4, 0.5) is 5.69 Å². The summed E-state index contributed by atoms with van der Waals surface area (Å²) in [5, 5.41) is 11.7. The largest absolute Gasteiger partial charge is 0.494 e. The molecule has 1 N–H and O–H groups in total. The van der Waals surface area contributed by atoms with Crippen molar-refractivity contribution in [3.63, 3.8) is 0 Å². The van der Waals surface area contributed by atoms with Gasteiger partial charge in [-0.1, -0.05) is 29.3 Å². The molecule has 2 aromatic carbocycles. The molecule has 2 aromatic rings. The van der Waals surface area contributed by atoms with Gasteiger partial charge >= 0.3 is 0 Å². The van der Waals surface area contributed by atoms with Gasteiger partial charge in [0.15, 0.2) is 5.60 Å². The average molecular weight is 402 g/mol. The normalized spacial score (nSPS) is 18.3. The van der Waals surface area contributed by atoms with E-state index in [-0.39, 0.29) is 12.2 Å². The van der Waals surface area contributed by atoms with Gasteiger partial charge in [-0.25, -0.2) is 0 Å². The van der Waals surface area contributed by atoms with Crippen LogP contribution in [0.5, 0.6) is 5.75 Å². The van der Waals surface area contributed by atoms with Crippen LogP contribution in [0.2, 0.25) is 5.02 Å². The number of carbonyl (C=O) groups is 2. The predicted molar refractivity (Wildman–Crippen MR) is 109 cm³/mol. The van der Waals surface area contributed by atoms with Gasteiger partial charge in [0.2, 0.25) is 0 Å². The van der Waals surface area contributed by atoms with Crippen LogP contribution in [0.15, 0.2) is 36.4 Å². The molecule has 6 heteroatoms. The number of nitrogens with zero attached hydrogens (tertiary/aromatic N) is 1. The molecule has 5 nitrogen and oxygen atoms in total. The maximum Gasteiger partial charge on any atom is 0.264 e. The average Bonchev–Trinajstić information content (AvgIpc) is 2.81. The van der Waals surface area contributed by atoms with Crippen molar-refractivity contribution >= 4 is 29.0 Å². The maximum absolute atomic E-state index is 13.1. The fourth-order valence-corrected chi connectivity index (χ4v) is 3.89. The Bertz CT molecular complexity index is 909. The van der Waals surface area contributed by atoms with E-state index in [4.69, 9.17) is 16.3 Å². The number of aliphatic hydroxyl groups is 1. The van der Waals surface area contributed by atoms with Crippen LogP contribution < -0.4 is 9.64 Å². The standard InChI is InChI=1S/C22H24ClNO4/c1-14-11-15(2)20-19(12-14)22(27,13-16(3)25)21(26)24(20)9-4-10-28-18-7-5-17(23)6-8-18/h5-8,11-12,27H,4,9-10,13H2,1-3H3. The third-order valence-electron chi connectivity index (χ3n) is 4.87. The lowest BCUT2D eigenvalue weighted by Crippen LogP contribution is -2.42. The molecule has 148 valence electrons. The van der Waals surface area contributed by atoms with Gasteiger partial charge in [-0.3, -0.25) is 9.59 Å². The van der Waals surface area contributed by atoms with E-state index in [1.54, 1.807) is 35.2 Å². The third-order valence-corrected chi connectivity index (χ3v) is 5.12. The summed E-state index contributed by atoms with van der Waals surface area (Å²) in [6.45, 7) is 6.01. The zero-order chi connectivity index (χ0) is 20.5. The summed E-state index contributed by atoms with van der Waals surface area (Å²) in [4.78, 5) is 26.4. The number of ketones is 1. The number of carbonyl (C=O) groups excluding carboxylic acids is 2. The Morgan fingerprint density at radius 2 is 1.89 bits per heavy atom. The summed E-state index contributed by atoms with van der Waals surface area (Å²) < 4.78 is 5.70. The molecule has 1 aliphatic rings. The van der Waals surface area contributed by atoms with Crippen molar-refractivity contribution in [3.05, 3.63) is 58.1 Å². The Morgan fingerprint density at radius 3 is 2.54 bits per heavy atom. The fourth-order valence-electron chi connectivity index (χ4n) is 3.76. The molecule has 0 saturated heterocycles. The number of Topliss-reactive ketones (excluding diaryl/α,β-unsaturated/α-hetero) is 1. The summed E-state index contributed by atoms with van der Waals surface area (Å²) in [6, 6.07) is 10.9. The van der Waals surface area contributed by atoms with E-state index in [1.165, 1.54) is 6.92 Å². The highest BCUT2D eigenvalue weighted by atomic mass is 35.5. The van der Waals surface area contributed by atoms with Crippen LogP contribution in [0.3, 0.4) is 0 Å². The molecule has 1 amide bonds. The first-order valence-electron chi connectivity index (χ1n) is 9.26. The lowest BCUT2D eigenvalue weighted by atomic mass is 9.88. The van der Waals surface area contributed by atoms with Crippen molar-refractivity contribution < 1.29 is 19.4 Å². The van der Waals surface area contributed by atoms with E-state index in [9.17, 15) is 14.7 Å². The summed E-state index contributed by atoms with van der Waals surface area (Å²) >= 11 is 5.86. The first-order chi connectivity index (χ1) is 13.2. The molecule has 0 aliphatic carbocycles. The highest BCUT2D eigenvalue weighted by molar-refractivity contribution is 6.30. The number of fused-ring (bicyclic) bond motifs is 1. The Labute approximate surface area is 169 Å². The number of ether oxygens (including phenoxy) is 1. The van der Waals surface area contributed by atoms with Crippen molar-refractivity contribution in [2.24, 2.45) is 0 Å². The van der Waals surface area contributed by atoms with Gasteiger partial charge in [-0.05, 0) is 57.0 Å². The highest BCUT2D eigenvalue weighted by Gasteiger charge is 2.50. The molecule has 0 saturated carbocycles. The SMILES string of the molecule is CC(=O)CC1(O)C(=O)N(CCCOc2ccc(Cl)cc2)c2c(C)cc(C)cc21. The van der Waals surface area contributed by atoms with Crippen molar-refractivity contribution in [2.45, 2.75) is 39.2 Å². The first-order valence-corrected chi connectivity index (χ1v) is 9.64. The quantitative estimate of drug-likeness (QED) is 0.713. The lowest BCUT2D eigenvalue weighted by molar-refractivity contribution is -0.141. The van der Waals surface area contributed by atoms with Crippen LogP contribution >= 0.6 is 11.6 Å². The Morgan fingerprint density at radius 1 is 1.21 bits per heavy atom. The van der Waals surface area contributed by atoms with E-state index in [0.717, 1.165) is 11.1 Å². The molecule has 0 radical (unpaired) electrons. The molecule has 3 rings (SSSR count). The number of halogens is 1. The number of aryl methyl sites for hydroxylation is 2. The van der Waals surface area contributed by atoms with Gasteiger partial charge in [-0.15, -0.1) is 0 Å². The van der Waals surface area contributed by atoms with E-state index >= 15 is 0 Å². The molecule has 1 unspecified atom stereocenters. The van der Waals surface area contributed by atoms with Crippen molar-refractivity contribution in [3.8, 4) is 5.75 Å². The second kappa shape index (κ2) is 7.94. The van der Waals surface area contributed by atoms with Crippen LogP contribution in [-0.4, -0.2) is 29.9 Å². The molecule has 0 bridgehead atoms. The molecular formula is C22H24ClNO4. The number of hydrogen-bond donors (Lipinski definition) is 1. The van der Waals surface area contributed by atoms with Crippen LogP contribution in [0, 0.1) is 13.8 Å². The van der Waals surface area contributed by atoms with Crippen molar-refractivity contribution in [1.82, 2.24) is 0 Å². The maximum atomic E-state index is 13.1. The fraction of sp³-hybridized carbons (Fsp3) is 0.364. The molecular weight excluding hydrogens is 378 g/mol. The summed E-state index contributed by atoms with van der Waals surface area (Å²) in [7, 11) is 0. The minimum absolute atomic E-state index is 0.223. The monoisotopic (exact) mass is 401 g/mol. The Balaban J connectivity index is 1.77. The predicted octanol–water partition coefficient (Wildman–Crippen LogP) is 3.94. The topological polar surface area (TPSA) is 66.8 Å². The highest BCUT2D eigenvalue weighted by Crippen LogP contribution is 2.45. The number of rotatable bonds is 7. The van der Waals surface area contributed by atoms with Gasteiger partial charge in [0.1, 0.15) is 11.5 Å². The summed E-state index contributed by atoms with van der Waals surface area (Å²) in [5.74, 6) is 0.0317. The summed E-state index contributed by atoms with van der Waals surface area (Å²) in [5.41, 5.74) is 1.27. The minimum atomic E-state index is -1.80. The molecule has 1 aliphatic heterocycles. The van der Waals surface area contributed by atoms with Gasteiger partial charge < -0.3 is 14.7 Å². The number of hydrogen-bond acceptors (Lipinski definition) is 4. The van der Waals surface area contributed by atoms with E-state index < -0.39 is 11.5 Å². The van der Waals surface area contributed by atoms with E-state index in [0.29, 0.717) is 41.6 Å². The Hall–Kier alpha value is -2.37. The number of benzene rings is 2. The number of anilines is 1. The van der Waals surface area contributed by atoms with Gasteiger partial charge in [0, 0.05) is 23.6 Å². The molecule has 1 atom stereocenters. The van der Waals surface area contributed by atoms with Gasteiger partial charge in [0.05, 0.1) is 12.3 Å². The van der Waals surface area contributed by atoms with Gasteiger partial charge in [-0.2, -0.15) is 0 Å². The van der Waals surface area contributed by atoms with E-state index in [2.05, 4.69) is 0 Å². The van der Waals surface area contributed by atoms with E-state index in [1.807, 2.05) is 19.9 Å². The molecule has 1 heterocycles. The molecule has 28 heavy (non-hydrogen) atoms. The van der Waals surface area contributed by atoms with Crippen LogP contribution in [0.25, 0.3) is 0 Å². The third kappa shape index (κ3) is 3.91. The first kappa shape index (κ1) is 20.4. The zero-order valence-electron chi connectivity index (χ0n) is 16.3.